The highest BCUT2D eigenvalue weighted by Crippen LogP contribution is 2.36. The molecule has 0 N–H and O–H groups in total. The van der Waals surface area contributed by atoms with Crippen LogP contribution in [0.15, 0.2) is 12.1 Å². The van der Waals surface area contributed by atoms with Crippen LogP contribution >= 0.6 is 0 Å². The summed E-state index contributed by atoms with van der Waals surface area (Å²) in [5.41, 5.74) is 1.09. The van der Waals surface area contributed by atoms with Gasteiger partial charge in [0.1, 0.15) is 0 Å². The molecule has 166 valence electrons. The summed E-state index contributed by atoms with van der Waals surface area (Å²) in [6.07, 6.45) is 9.42. The first kappa shape index (κ1) is 22.8. The lowest BCUT2D eigenvalue weighted by molar-refractivity contribution is -0.256. The van der Waals surface area contributed by atoms with Crippen LogP contribution in [-0.4, -0.2) is 36.4 Å². The van der Waals surface area contributed by atoms with Crippen LogP contribution in [0.5, 0.6) is 0 Å². The van der Waals surface area contributed by atoms with E-state index in [9.17, 15) is 19.8 Å². The van der Waals surface area contributed by atoms with E-state index in [1.165, 1.54) is 12.1 Å². The molecule has 1 aromatic carbocycles. The number of unbranched alkanes of at least 4 members (excludes halogenated alkanes) is 4. The number of ether oxygens (including phenoxy) is 2. The van der Waals surface area contributed by atoms with Gasteiger partial charge in [0.2, 0.25) is 0 Å². The summed E-state index contributed by atoms with van der Waals surface area (Å²) in [6, 6.07) is 2.64. The highest BCUT2D eigenvalue weighted by molar-refractivity contribution is 5.93. The minimum absolute atomic E-state index is 0.0426. The summed E-state index contributed by atoms with van der Waals surface area (Å²) in [6.45, 7) is 4.29. The number of hydrogen-bond acceptors (Lipinski definition) is 6. The van der Waals surface area contributed by atoms with E-state index >= 15 is 0 Å². The first-order chi connectivity index (χ1) is 14.5. The second kappa shape index (κ2) is 10.4. The Morgan fingerprint density at radius 2 is 1.13 bits per heavy atom. The minimum atomic E-state index is -1.30. The molecule has 0 bridgehead atoms. The minimum Gasteiger partial charge on any atom is -0.545 e. The van der Waals surface area contributed by atoms with Gasteiger partial charge in [-0.05, 0) is 24.0 Å². The van der Waals surface area contributed by atoms with Crippen molar-refractivity contribution in [1.29, 1.82) is 0 Å². The summed E-state index contributed by atoms with van der Waals surface area (Å²) in [7, 11) is 0. The Morgan fingerprint density at radius 1 is 0.733 bits per heavy atom. The van der Waals surface area contributed by atoms with Crippen LogP contribution in [0.2, 0.25) is 0 Å². The molecule has 4 atom stereocenters. The molecule has 2 aliphatic rings. The zero-order chi connectivity index (χ0) is 21.7. The average molecular weight is 417 g/mol. The second-order valence-corrected chi connectivity index (χ2v) is 8.52. The van der Waals surface area contributed by atoms with E-state index in [4.69, 9.17) is 9.47 Å². The van der Waals surface area contributed by atoms with Gasteiger partial charge in [-0.2, -0.15) is 0 Å². The molecule has 30 heavy (non-hydrogen) atoms. The van der Waals surface area contributed by atoms with Gasteiger partial charge in [-0.25, -0.2) is 0 Å². The topological polar surface area (TPSA) is 105 Å². The van der Waals surface area contributed by atoms with Crippen LogP contribution in [0, 0.1) is 0 Å². The Kier molecular flexibility index (Phi) is 7.89. The fourth-order valence-corrected chi connectivity index (χ4v) is 4.36. The Hall–Kier alpha value is -1.92. The average Bonchev–Trinajstić information content (AvgIpc) is 3.61. The fourth-order valence-electron chi connectivity index (χ4n) is 4.36. The summed E-state index contributed by atoms with van der Waals surface area (Å²) in [5.74, 6) is -2.59. The lowest BCUT2D eigenvalue weighted by atomic mass is 9.88. The maximum absolute atomic E-state index is 11.7. The van der Waals surface area contributed by atoms with E-state index in [0.717, 1.165) is 51.4 Å². The lowest BCUT2D eigenvalue weighted by Gasteiger charge is -2.19. The van der Waals surface area contributed by atoms with Gasteiger partial charge in [-0.1, -0.05) is 64.5 Å². The van der Waals surface area contributed by atoms with E-state index in [1.807, 2.05) is 0 Å². The first-order valence-electron chi connectivity index (χ1n) is 11.3. The number of carboxylic acid groups (broad SMARTS) is 2. The van der Waals surface area contributed by atoms with Crippen molar-refractivity contribution in [2.45, 2.75) is 102 Å². The number of carboxylic acids is 2. The number of rotatable bonds is 14. The normalized spacial score (nSPS) is 24.6. The molecule has 0 amide bonds. The van der Waals surface area contributed by atoms with Gasteiger partial charge in [-0.15, -0.1) is 0 Å². The summed E-state index contributed by atoms with van der Waals surface area (Å²) >= 11 is 0. The predicted octanol–water partition coefficient (Wildman–Crippen LogP) is 2.19. The summed E-state index contributed by atoms with van der Waals surface area (Å²) in [4.78, 5) is 23.5. The van der Waals surface area contributed by atoms with Gasteiger partial charge < -0.3 is 29.3 Å². The van der Waals surface area contributed by atoms with Gasteiger partial charge in [0.15, 0.2) is 0 Å². The quantitative estimate of drug-likeness (QED) is 0.340. The van der Waals surface area contributed by atoms with Gasteiger partial charge in [0.25, 0.3) is 0 Å². The summed E-state index contributed by atoms with van der Waals surface area (Å²) < 4.78 is 11.5. The molecule has 0 aromatic heterocycles. The molecule has 1 aromatic rings. The second-order valence-electron chi connectivity index (χ2n) is 8.52. The molecule has 2 aliphatic heterocycles. The van der Waals surface area contributed by atoms with Crippen LogP contribution in [-0.2, 0) is 22.3 Å². The number of carbonyl (C=O) groups is 2. The van der Waals surface area contributed by atoms with Crippen molar-refractivity contribution < 1.29 is 29.3 Å². The number of carbonyl (C=O) groups excluding carboxylic acids is 2. The van der Waals surface area contributed by atoms with Crippen molar-refractivity contribution in [3.05, 3.63) is 34.4 Å². The number of epoxide rings is 2. The van der Waals surface area contributed by atoms with Crippen molar-refractivity contribution in [2.75, 3.05) is 0 Å². The molecule has 2 heterocycles. The van der Waals surface area contributed by atoms with Crippen LogP contribution in [0.25, 0.3) is 0 Å². The van der Waals surface area contributed by atoms with E-state index < -0.39 is 11.9 Å². The van der Waals surface area contributed by atoms with Gasteiger partial charge in [0, 0.05) is 24.0 Å². The van der Waals surface area contributed by atoms with Crippen molar-refractivity contribution in [3.63, 3.8) is 0 Å². The van der Waals surface area contributed by atoms with Crippen LogP contribution in [0.4, 0.5) is 0 Å². The highest BCUT2D eigenvalue weighted by Gasteiger charge is 2.41. The molecule has 0 spiro atoms. The third-order valence-electron chi connectivity index (χ3n) is 6.24. The lowest BCUT2D eigenvalue weighted by Crippen LogP contribution is -2.29. The van der Waals surface area contributed by atoms with Crippen LogP contribution in [0.3, 0.4) is 0 Å². The predicted molar refractivity (Wildman–Crippen MR) is 108 cm³/mol. The molecule has 3 rings (SSSR count). The van der Waals surface area contributed by atoms with E-state index in [0.29, 0.717) is 24.0 Å². The first-order valence-corrected chi connectivity index (χ1v) is 11.3. The molecule has 6 heteroatoms. The summed E-state index contributed by atoms with van der Waals surface area (Å²) in [5, 5.41) is 23.5. The van der Waals surface area contributed by atoms with Crippen molar-refractivity contribution >= 4 is 11.9 Å². The molecule has 6 nitrogen and oxygen atoms in total. The van der Waals surface area contributed by atoms with Crippen molar-refractivity contribution in [2.24, 2.45) is 0 Å². The van der Waals surface area contributed by atoms with Crippen molar-refractivity contribution in [3.8, 4) is 0 Å². The van der Waals surface area contributed by atoms with E-state index in [-0.39, 0.29) is 35.5 Å². The standard InChI is InChI=1S/C24H34O6/c1-3-5-7-9-19-21(29-19)13-17-15(23(25)26)11-12-16(24(27)28)18(17)14-22-20(30-22)10-8-6-4-2/h11-12,19-22H,3-10,13-14H2,1-2H3,(H,25,26)(H,27,28)/p-2. The van der Waals surface area contributed by atoms with E-state index in [2.05, 4.69) is 13.8 Å². The molecule has 0 saturated carbocycles. The molecule has 2 saturated heterocycles. The Labute approximate surface area is 178 Å². The third kappa shape index (κ3) is 5.82. The fraction of sp³-hybridized carbons (Fsp3) is 0.667. The Morgan fingerprint density at radius 3 is 1.47 bits per heavy atom. The highest BCUT2D eigenvalue weighted by atomic mass is 16.6. The largest absolute Gasteiger partial charge is 0.545 e. The Bertz CT molecular complexity index is 695. The SMILES string of the molecule is CCCCCC1OC1Cc1c(C(=O)[O-])ccc(C(=O)[O-])c1CC1OC1CCCCC. The smallest absolute Gasteiger partial charge is 0.0882 e. The molecule has 0 aliphatic carbocycles. The van der Waals surface area contributed by atoms with Gasteiger partial charge in [-0.3, -0.25) is 0 Å². The molecule has 0 radical (unpaired) electrons. The maximum Gasteiger partial charge on any atom is 0.0882 e. The molecule has 4 unspecified atom stereocenters. The van der Waals surface area contributed by atoms with Gasteiger partial charge >= 0.3 is 0 Å². The molecular weight excluding hydrogens is 384 g/mol. The van der Waals surface area contributed by atoms with Crippen molar-refractivity contribution in [1.82, 2.24) is 0 Å². The zero-order valence-corrected chi connectivity index (χ0v) is 18.0. The van der Waals surface area contributed by atoms with E-state index in [1.54, 1.807) is 0 Å². The van der Waals surface area contributed by atoms with Crippen LogP contribution < -0.4 is 10.2 Å². The zero-order valence-electron chi connectivity index (χ0n) is 18.0. The molecule has 2 fully saturated rings. The van der Waals surface area contributed by atoms with Crippen LogP contribution in [0.1, 0.15) is 97.1 Å². The monoisotopic (exact) mass is 416 g/mol. The number of hydrogen-bond donors (Lipinski definition) is 0. The number of benzene rings is 1. The molecular formula is C24H32O6-2. The van der Waals surface area contributed by atoms with Gasteiger partial charge in [0.05, 0.1) is 36.4 Å². The maximum atomic E-state index is 11.7. The third-order valence-corrected chi connectivity index (χ3v) is 6.24. The Balaban J connectivity index is 1.76. The number of aromatic carboxylic acids is 2.